The van der Waals surface area contributed by atoms with Crippen LogP contribution in [0.4, 0.5) is 0 Å². The van der Waals surface area contributed by atoms with Crippen molar-refractivity contribution in [1.29, 1.82) is 0 Å². The molecule has 0 bridgehead atoms. The van der Waals surface area contributed by atoms with E-state index < -0.39 is 17.5 Å². The summed E-state index contributed by atoms with van der Waals surface area (Å²) in [4.78, 5) is 29.1. The van der Waals surface area contributed by atoms with Crippen molar-refractivity contribution < 1.29 is 14.3 Å². The van der Waals surface area contributed by atoms with E-state index in [4.69, 9.17) is 4.42 Å². The number of benzene rings is 4. The molecule has 0 aliphatic rings. The van der Waals surface area contributed by atoms with Gasteiger partial charge in [0.15, 0.2) is 0 Å². The molecular weight excluding hydrogens is 486 g/mol. The smallest absolute Gasteiger partial charge is 0.343 e. The fraction of sp³-hybridized carbons (Fsp3) is 0.176. The van der Waals surface area contributed by atoms with Crippen LogP contribution in [-0.4, -0.2) is 22.3 Å². The molecule has 0 amide bonds. The maximum atomic E-state index is 13.4. The molecule has 0 aliphatic heterocycles. The lowest BCUT2D eigenvalue weighted by molar-refractivity contribution is -0.121. The standard InChI is InChI=1S/C34H31NO4/c1-24(36)29(23-35(21-25-13-5-2-6-14-25)22-26-15-7-3-8-16-26)31(27-17-9-4-10-18-27)32-33(37)28-19-11-12-20-30(28)39-34(32)38/h2-20,29,31,37H,21-23H2,1H3/t29-,31-/m0/s1. The largest absolute Gasteiger partial charge is 0.507 e. The maximum absolute atomic E-state index is 13.4. The van der Waals surface area contributed by atoms with Gasteiger partial charge in [-0.1, -0.05) is 103 Å². The number of aromatic hydroxyl groups is 1. The van der Waals surface area contributed by atoms with Crippen molar-refractivity contribution in [1.82, 2.24) is 4.90 Å². The summed E-state index contributed by atoms with van der Waals surface area (Å²) < 4.78 is 5.66. The molecule has 5 aromatic rings. The lowest BCUT2D eigenvalue weighted by Crippen LogP contribution is -2.37. The lowest BCUT2D eigenvalue weighted by atomic mass is 9.78. The molecule has 0 saturated carbocycles. The second kappa shape index (κ2) is 11.9. The second-order valence-electron chi connectivity index (χ2n) is 9.89. The van der Waals surface area contributed by atoms with Crippen LogP contribution in [0.25, 0.3) is 11.0 Å². The molecular formula is C34H31NO4. The zero-order chi connectivity index (χ0) is 27.2. The summed E-state index contributed by atoms with van der Waals surface area (Å²) in [5.74, 6) is -1.52. The molecule has 5 nitrogen and oxygen atoms in total. The SMILES string of the molecule is CC(=O)[C@H](CN(Cc1ccccc1)Cc1ccccc1)[C@H](c1ccccc1)c1c(O)c2ccccc2oc1=O. The van der Waals surface area contributed by atoms with Crippen molar-refractivity contribution in [3.05, 3.63) is 148 Å². The van der Waals surface area contributed by atoms with E-state index in [1.165, 1.54) is 0 Å². The Morgan fingerprint density at radius 3 is 1.85 bits per heavy atom. The van der Waals surface area contributed by atoms with Crippen molar-refractivity contribution in [2.24, 2.45) is 5.92 Å². The Hall–Kier alpha value is -4.48. The van der Waals surface area contributed by atoms with Gasteiger partial charge in [0.1, 0.15) is 17.1 Å². The highest BCUT2D eigenvalue weighted by molar-refractivity contribution is 5.86. The quantitative estimate of drug-likeness (QED) is 0.213. The normalized spacial score (nSPS) is 12.9. The molecule has 0 aliphatic carbocycles. The molecule has 0 radical (unpaired) electrons. The molecule has 0 fully saturated rings. The number of nitrogens with zero attached hydrogens (tertiary/aromatic N) is 1. The second-order valence-corrected chi connectivity index (χ2v) is 9.89. The van der Waals surface area contributed by atoms with Crippen molar-refractivity contribution in [2.75, 3.05) is 6.54 Å². The van der Waals surface area contributed by atoms with Gasteiger partial charge in [-0.15, -0.1) is 0 Å². The Morgan fingerprint density at radius 2 is 1.28 bits per heavy atom. The number of rotatable bonds is 10. The number of ketones is 1. The van der Waals surface area contributed by atoms with Gasteiger partial charge in [0, 0.05) is 31.5 Å². The van der Waals surface area contributed by atoms with E-state index in [9.17, 15) is 14.7 Å². The van der Waals surface area contributed by atoms with Gasteiger partial charge in [-0.2, -0.15) is 0 Å². The summed E-state index contributed by atoms with van der Waals surface area (Å²) >= 11 is 0. The lowest BCUT2D eigenvalue weighted by Gasteiger charge is -2.32. The molecule has 2 atom stereocenters. The molecule has 5 rings (SSSR count). The minimum Gasteiger partial charge on any atom is -0.507 e. The van der Waals surface area contributed by atoms with Crippen LogP contribution in [0.3, 0.4) is 0 Å². The van der Waals surface area contributed by atoms with Crippen LogP contribution in [0, 0.1) is 5.92 Å². The average Bonchev–Trinajstić information content (AvgIpc) is 2.95. The van der Waals surface area contributed by atoms with Gasteiger partial charge < -0.3 is 9.52 Å². The van der Waals surface area contributed by atoms with Gasteiger partial charge in [0.2, 0.25) is 0 Å². The highest BCUT2D eigenvalue weighted by atomic mass is 16.4. The number of hydrogen-bond donors (Lipinski definition) is 1. The average molecular weight is 518 g/mol. The van der Waals surface area contributed by atoms with Gasteiger partial charge >= 0.3 is 5.63 Å². The minimum absolute atomic E-state index is 0.0677. The zero-order valence-electron chi connectivity index (χ0n) is 21.9. The van der Waals surface area contributed by atoms with Crippen LogP contribution in [-0.2, 0) is 17.9 Å². The molecule has 0 saturated heterocycles. The van der Waals surface area contributed by atoms with Crippen LogP contribution >= 0.6 is 0 Å². The van der Waals surface area contributed by atoms with Crippen LogP contribution < -0.4 is 5.63 Å². The Labute approximate surface area is 228 Å². The highest BCUT2D eigenvalue weighted by Gasteiger charge is 2.35. The molecule has 1 heterocycles. The fourth-order valence-electron chi connectivity index (χ4n) is 5.30. The first-order chi connectivity index (χ1) is 19.0. The van der Waals surface area contributed by atoms with E-state index >= 15 is 0 Å². The van der Waals surface area contributed by atoms with Crippen molar-refractivity contribution >= 4 is 16.8 Å². The monoisotopic (exact) mass is 517 g/mol. The molecule has 1 aromatic heterocycles. The van der Waals surface area contributed by atoms with Crippen molar-refractivity contribution in [2.45, 2.75) is 25.9 Å². The predicted octanol–water partition coefficient (Wildman–Crippen LogP) is 6.54. The van der Waals surface area contributed by atoms with E-state index in [2.05, 4.69) is 29.2 Å². The Bertz CT molecular complexity index is 1560. The first-order valence-electron chi connectivity index (χ1n) is 13.1. The third-order valence-electron chi connectivity index (χ3n) is 7.17. The number of hydrogen-bond acceptors (Lipinski definition) is 5. The van der Waals surface area contributed by atoms with Crippen molar-refractivity contribution in [3.63, 3.8) is 0 Å². The summed E-state index contributed by atoms with van der Waals surface area (Å²) in [6.07, 6.45) is 0. The number of para-hydroxylation sites is 1. The number of carbonyl (C=O) groups is 1. The van der Waals surface area contributed by atoms with Crippen LogP contribution in [0.5, 0.6) is 5.75 Å². The minimum atomic E-state index is -0.696. The van der Waals surface area contributed by atoms with E-state index in [1.54, 1.807) is 31.2 Å². The van der Waals surface area contributed by atoms with Crippen LogP contribution in [0.1, 0.15) is 35.1 Å². The number of carbonyl (C=O) groups excluding carboxylic acids is 1. The Kier molecular flexibility index (Phi) is 7.99. The summed E-state index contributed by atoms with van der Waals surface area (Å²) in [7, 11) is 0. The summed E-state index contributed by atoms with van der Waals surface area (Å²) in [5.41, 5.74) is 2.81. The van der Waals surface area contributed by atoms with Gasteiger partial charge in [0.25, 0.3) is 0 Å². The molecule has 0 spiro atoms. The topological polar surface area (TPSA) is 70.8 Å². The fourth-order valence-corrected chi connectivity index (χ4v) is 5.30. The van der Waals surface area contributed by atoms with E-state index in [-0.39, 0.29) is 17.1 Å². The van der Waals surface area contributed by atoms with E-state index in [0.29, 0.717) is 30.6 Å². The third-order valence-corrected chi connectivity index (χ3v) is 7.17. The molecule has 0 unspecified atom stereocenters. The molecule has 39 heavy (non-hydrogen) atoms. The third kappa shape index (κ3) is 6.00. The summed E-state index contributed by atoms with van der Waals surface area (Å²) in [6.45, 7) is 3.19. The van der Waals surface area contributed by atoms with Crippen LogP contribution in [0.15, 0.2) is 124 Å². The van der Waals surface area contributed by atoms with Crippen LogP contribution in [0.2, 0.25) is 0 Å². The highest BCUT2D eigenvalue weighted by Crippen LogP contribution is 2.39. The Balaban J connectivity index is 1.61. The first kappa shape index (κ1) is 26.1. The van der Waals surface area contributed by atoms with Gasteiger partial charge in [-0.25, -0.2) is 4.79 Å². The molecule has 196 valence electrons. The Morgan fingerprint density at radius 1 is 0.769 bits per heavy atom. The molecule has 4 aromatic carbocycles. The van der Waals surface area contributed by atoms with E-state index in [1.807, 2.05) is 66.7 Å². The molecule has 1 N–H and O–H groups in total. The zero-order valence-corrected chi connectivity index (χ0v) is 21.9. The summed E-state index contributed by atoms with van der Waals surface area (Å²) in [5, 5.41) is 11.9. The number of Topliss-reactive ketones (excluding diaryl/α,β-unsaturated/α-hetero) is 1. The van der Waals surface area contributed by atoms with E-state index in [0.717, 1.165) is 16.7 Å². The maximum Gasteiger partial charge on any atom is 0.343 e. The number of fused-ring (bicyclic) bond motifs is 1. The van der Waals surface area contributed by atoms with Gasteiger partial charge in [-0.05, 0) is 35.7 Å². The molecule has 5 heteroatoms. The summed E-state index contributed by atoms with van der Waals surface area (Å²) in [6, 6.07) is 36.6. The first-order valence-corrected chi connectivity index (χ1v) is 13.1. The van der Waals surface area contributed by atoms with Gasteiger partial charge in [0.05, 0.1) is 10.9 Å². The van der Waals surface area contributed by atoms with Gasteiger partial charge in [-0.3, -0.25) is 9.69 Å². The predicted molar refractivity (Wildman–Crippen MR) is 154 cm³/mol. The van der Waals surface area contributed by atoms with Crippen molar-refractivity contribution in [3.8, 4) is 5.75 Å².